The van der Waals surface area contributed by atoms with Crippen LogP contribution in [0.5, 0.6) is 0 Å². The largest absolute Gasteiger partial charge is 0.268 e. The Morgan fingerprint density at radius 1 is 0.659 bits per heavy atom. The molecule has 1 aliphatic carbocycles. The molecule has 3 aromatic rings. The lowest BCUT2D eigenvalue weighted by Crippen LogP contribution is -2.43. The molecule has 6 nitrogen and oxygen atoms in total. The molecule has 2 atom stereocenters. The second-order valence-corrected chi connectivity index (χ2v) is 11.3. The second kappa shape index (κ2) is 10.6. The van der Waals surface area contributed by atoms with Gasteiger partial charge >= 0.3 is 0 Å². The number of carbonyl (C=O) groups is 4. The third-order valence-corrected chi connectivity index (χ3v) is 8.68. The zero-order valence-corrected chi connectivity index (χ0v) is 23.8. The van der Waals surface area contributed by atoms with Crippen molar-refractivity contribution in [1.82, 2.24) is 4.90 Å². The number of nitrogens with zero attached hydrogens (tertiary/aromatic N) is 2. The zero-order chi connectivity index (χ0) is 28.8. The van der Waals surface area contributed by atoms with Crippen LogP contribution in [-0.2, 0) is 6.42 Å². The first-order chi connectivity index (χ1) is 19.8. The minimum absolute atomic E-state index is 0.195. The Kier molecular flexibility index (Phi) is 6.94. The van der Waals surface area contributed by atoms with Gasteiger partial charge in [0, 0.05) is 38.7 Å². The predicted molar refractivity (Wildman–Crippen MR) is 160 cm³/mol. The Balaban J connectivity index is 1.37. The summed E-state index contributed by atoms with van der Waals surface area (Å²) in [5.41, 5.74) is 3.50. The van der Waals surface area contributed by atoms with E-state index in [2.05, 4.69) is 26.8 Å². The lowest BCUT2D eigenvalue weighted by Gasteiger charge is -2.33. The summed E-state index contributed by atoms with van der Waals surface area (Å²) in [7, 11) is 0. The molecule has 0 radical (unpaired) electrons. The first kappa shape index (κ1) is 26.9. The summed E-state index contributed by atoms with van der Waals surface area (Å²) in [6.45, 7) is 6.42. The summed E-state index contributed by atoms with van der Waals surface area (Å²) in [6, 6.07) is 14.0. The van der Waals surface area contributed by atoms with Crippen LogP contribution in [-0.4, -0.2) is 28.5 Å². The Labute approximate surface area is 240 Å². The quantitative estimate of drug-likeness (QED) is 0.275. The number of amides is 4. The Hall–Kier alpha value is -4.32. The zero-order valence-electron chi connectivity index (χ0n) is 23.8. The van der Waals surface area contributed by atoms with E-state index in [1.165, 1.54) is 9.80 Å². The highest BCUT2D eigenvalue weighted by Gasteiger charge is 2.41. The maximum atomic E-state index is 13.8. The minimum Gasteiger partial charge on any atom is -0.268 e. The van der Waals surface area contributed by atoms with Gasteiger partial charge in [0.1, 0.15) is 0 Å². The Morgan fingerprint density at radius 3 is 1.66 bits per heavy atom. The highest BCUT2D eigenvalue weighted by atomic mass is 16.2. The molecular formula is C35H34N2O4. The molecule has 0 bridgehead atoms. The summed E-state index contributed by atoms with van der Waals surface area (Å²) in [4.78, 5) is 57.5. The van der Waals surface area contributed by atoms with Crippen molar-refractivity contribution in [2.75, 3.05) is 4.90 Å². The molecule has 0 aromatic heterocycles. The van der Waals surface area contributed by atoms with Crippen LogP contribution in [0.15, 0.2) is 72.5 Å². The maximum Gasteiger partial charge on any atom is 0.265 e. The Morgan fingerprint density at radius 2 is 1.17 bits per heavy atom. The van der Waals surface area contributed by atoms with E-state index in [4.69, 9.17) is 0 Å². The van der Waals surface area contributed by atoms with Gasteiger partial charge in [0.05, 0.1) is 5.69 Å². The monoisotopic (exact) mass is 546 g/mol. The van der Waals surface area contributed by atoms with Gasteiger partial charge in [-0.1, -0.05) is 64.3 Å². The molecular weight excluding hydrogens is 512 g/mol. The molecule has 208 valence electrons. The van der Waals surface area contributed by atoms with Crippen molar-refractivity contribution < 1.29 is 19.2 Å². The minimum atomic E-state index is -0.459. The van der Waals surface area contributed by atoms with Gasteiger partial charge in [-0.15, -0.1) is 0 Å². The van der Waals surface area contributed by atoms with Gasteiger partial charge in [-0.05, 0) is 79.1 Å². The number of hydrogen-bond acceptors (Lipinski definition) is 4. The summed E-state index contributed by atoms with van der Waals surface area (Å²) in [5, 5.41) is 0.769. The molecule has 3 aromatic carbocycles. The number of benzene rings is 3. The van der Waals surface area contributed by atoms with Crippen LogP contribution in [0, 0.1) is 11.8 Å². The van der Waals surface area contributed by atoms with Crippen molar-refractivity contribution in [3.8, 4) is 0 Å². The molecule has 4 amide bonds. The molecule has 0 fully saturated rings. The van der Waals surface area contributed by atoms with Crippen LogP contribution in [0.4, 0.5) is 5.69 Å². The second-order valence-electron chi connectivity index (χ2n) is 11.3. The van der Waals surface area contributed by atoms with Gasteiger partial charge in [0.2, 0.25) is 0 Å². The first-order valence-corrected chi connectivity index (χ1v) is 14.7. The molecule has 0 saturated heterocycles. The number of anilines is 1. The molecule has 2 unspecified atom stereocenters. The number of allylic oxidation sites excluding steroid dienone is 3. The summed E-state index contributed by atoms with van der Waals surface area (Å²) in [5.74, 6) is -1.22. The SMILES string of the molecule is CCCCc1ccc(N2C(=O)c3ccc4c5c(ccc(c35)C2=O)C(=O)N(C2=CC(C)C(CCCC)C=C2)C4=O)cc1. The Bertz CT molecular complexity index is 1590. The fourth-order valence-corrected chi connectivity index (χ4v) is 6.33. The fraction of sp³-hybridized carbons (Fsp3) is 0.314. The van der Waals surface area contributed by atoms with Gasteiger partial charge in [-0.3, -0.25) is 19.2 Å². The highest BCUT2D eigenvalue weighted by Crippen LogP contribution is 2.40. The third-order valence-electron chi connectivity index (χ3n) is 8.68. The average Bonchev–Trinajstić information content (AvgIpc) is 2.98. The number of aryl methyl sites for hydroxylation is 1. The van der Waals surface area contributed by atoms with E-state index in [1.54, 1.807) is 36.4 Å². The van der Waals surface area contributed by atoms with E-state index in [0.29, 0.717) is 50.3 Å². The fourth-order valence-electron chi connectivity index (χ4n) is 6.33. The number of unbranched alkanes of at least 4 members (excludes halogenated alkanes) is 2. The third kappa shape index (κ3) is 4.33. The van der Waals surface area contributed by atoms with Crippen LogP contribution in [0.25, 0.3) is 10.8 Å². The molecule has 6 rings (SSSR count). The van der Waals surface area contributed by atoms with E-state index < -0.39 is 23.6 Å². The topological polar surface area (TPSA) is 74.8 Å². The molecule has 2 aliphatic heterocycles. The van der Waals surface area contributed by atoms with E-state index in [1.807, 2.05) is 24.3 Å². The van der Waals surface area contributed by atoms with Crippen molar-refractivity contribution in [3.63, 3.8) is 0 Å². The standard InChI is InChI=1S/C35H34N2O4/c1-4-6-8-22-10-13-24(14-11-22)36-32(38)26-16-18-28-31-29(19-17-27(30(26)31)33(36)39)35(41)37(34(28)40)25-15-12-23(9-7-5-2)21(3)20-25/h10-21,23H,4-9H2,1-3H3. The predicted octanol–water partition coefficient (Wildman–Crippen LogP) is 7.48. The number of hydrogen-bond donors (Lipinski definition) is 0. The maximum absolute atomic E-state index is 13.8. The molecule has 0 saturated carbocycles. The lowest BCUT2D eigenvalue weighted by atomic mass is 9.83. The molecule has 41 heavy (non-hydrogen) atoms. The van der Waals surface area contributed by atoms with Crippen molar-refractivity contribution >= 4 is 40.1 Å². The lowest BCUT2D eigenvalue weighted by molar-refractivity contribution is 0.0663. The summed E-state index contributed by atoms with van der Waals surface area (Å²) < 4.78 is 0. The van der Waals surface area contributed by atoms with Crippen LogP contribution >= 0.6 is 0 Å². The van der Waals surface area contributed by atoms with Crippen molar-refractivity contribution in [2.24, 2.45) is 11.8 Å². The molecule has 0 N–H and O–H groups in total. The molecule has 0 spiro atoms. The van der Waals surface area contributed by atoms with Crippen molar-refractivity contribution in [1.29, 1.82) is 0 Å². The van der Waals surface area contributed by atoms with E-state index in [0.717, 1.165) is 44.1 Å². The first-order valence-electron chi connectivity index (χ1n) is 14.7. The van der Waals surface area contributed by atoms with Gasteiger partial charge in [-0.25, -0.2) is 9.80 Å². The average molecular weight is 547 g/mol. The number of imide groups is 2. The highest BCUT2D eigenvalue weighted by molar-refractivity contribution is 6.39. The summed E-state index contributed by atoms with van der Waals surface area (Å²) >= 11 is 0. The van der Waals surface area contributed by atoms with Crippen molar-refractivity contribution in [2.45, 2.75) is 59.3 Å². The normalized spacial score (nSPS) is 19.8. The van der Waals surface area contributed by atoms with Gasteiger partial charge in [0.25, 0.3) is 23.6 Å². The van der Waals surface area contributed by atoms with Gasteiger partial charge in [0.15, 0.2) is 0 Å². The number of rotatable bonds is 8. The van der Waals surface area contributed by atoms with Crippen LogP contribution < -0.4 is 4.90 Å². The van der Waals surface area contributed by atoms with E-state index in [-0.39, 0.29) is 5.92 Å². The van der Waals surface area contributed by atoms with E-state index in [9.17, 15) is 19.2 Å². The summed E-state index contributed by atoms with van der Waals surface area (Å²) in [6.07, 6.45) is 12.4. The molecule has 2 heterocycles. The molecule has 3 aliphatic rings. The van der Waals surface area contributed by atoms with Gasteiger partial charge < -0.3 is 0 Å². The van der Waals surface area contributed by atoms with Crippen molar-refractivity contribution in [3.05, 3.63) is 100 Å². The van der Waals surface area contributed by atoms with Gasteiger partial charge in [-0.2, -0.15) is 0 Å². The van der Waals surface area contributed by atoms with E-state index >= 15 is 0 Å². The van der Waals surface area contributed by atoms with Crippen LogP contribution in [0.1, 0.15) is 99.9 Å². The van der Waals surface area contributed by atoms with Crippen LogP contribution in [0.3, 0.4) is 0 Å². The smallest absolute Gasteiger partial charge is 0.265 e. The van der Waals surface area contributed by atoms with Crippen LogP contribution in [0.2, 0.25) is 0 Å². The number of carbonyl (C=O) groups excluding carboxylic acids is 4. The molecule has 6 heteroatoms.